The molecular weight excluding hydrogens is 598 g/mol. The van der Waals surface area contributed by atoms with Crippen molar-refractivity contribution in [1.29, 1.82) is 0 Å². The van der Waals surface area contributed by atoms with Crippen LogP contribution in [0.5, 0.6) is 0 Å². The molecule has 2 saturated carbocycles. The van der Waals surface area contributed by atoms with Crippen molar-refractivity contribution in [2.45, 2.75) is 83.3 Å². The van der Waals surface area contributed by atoms with Crippen LogP contribution < -0.4 is 16.6 Å². The van der Waals surface area contributed by atoms with E-state index in [1.54, 1.807) is 0 Å². The van der Waals surface area contributed by atoms with Gasteiger partial charge in [0.1, 0.15) is 13.1 Å². The molecule has 12 heteroatoms. The maximum atomic E-state index is 14.4. The lowest BCUT2D eigenvalue weighted by molar-refractivity contribution is -0.130. The number of H-pyrrole nitrogens is 1. The van der Waals surface area contributed by atoms with Gasteiger partial charge in [-0.1, -0.05) is 73.5 Å². The Labute approximate surface area is 271 Å². The number of rotatable bonds is 11. The van der Waals surface area contributed by atoms with Crippen LogP contribution in [0.4, 0.5) is 0 Å². The fourth-order valence-electron chi connectivity index (χ4n) is 6.89. The highest BCUT2D eigenvalue weighted by molar-refractivity contribution is 5.80. The van der Waals surface area contributed by atoms with Crippen LogP contribution in [-0.2, 0) is 22.4 Å². The highest BCUT2D eigenvalue weighted by atomic mass is 16.5. The summed E-state index contributed by atoms with van der Waals surface area (Å²) in [6.45, 7) is 2.33. The Hall–Kier alpha value is -4.84. The Balaban J connectivity index is 1.11. The fourth-order valence-corrected chi connectivity index (χ4v) is 6.89. The van der Waals surface area contributed by atoms with Gasteiger partial charge in [-0.2, -0.15) is 10.1 Å². The molecular formula is C35H39N7O5. The summed E-state index contributed by atoms with van der Waals surface area (Å²) in [5.74, 6) is 0.585. The average Bonchev–Trinajstić information content (AvgIpc) is 3.72. The molecule has 2 N–H and O–H groups in total. The van der Waals surface area contributed by atoms with Gasteiger partial charge in [-0.15, -0.1) is 0 Å². The number of nitrogens with zero attached hydrogens (tertiary/aromatic N) is 5. The quantitative estimate of drug-likeness (QED) is 0.196. The van der Waals surface area contributed by atoms with Crippen LogP contribution in [0.2, 0.25) is 0 Å². The van der Waals surface area contributed by atoms with Crippen LogP contribution in [0.25, 0.3) is 28.3 Å². The normalized spacial score (nSPS) is 18.3. The molecule has 0 bridgehead atoms. The third-order valence-corrected chi connectivity index (χ3v) is 9.63. The van der Waals surface area contributed by atoms with E-state index in [4.69, 9.17) is 9.26 Å². The molecule has 5 aromatic rings. The molecule has 0 radical (unpaired) electrons. The summed E-state index contributed by atoms with van der Waals surface area (Å²) < 4.78 is 14.4. The smallest absolute Gasteiger partial charge is 0.358 e. The molecule has 1 amide bonds. The van der Waals surface area contributed by atoms with Crippen molar-refractivity contribution >= 4 is 11.7 Å². The largest absolute Gasteiger partial charge is 0.439 e. The Morgan fingerprint density at radius 1 is 1.02 bits per heavy atom. The molecule has 0 aliphatic heterocycles. The molecule has 0 unspecified atom stereocenters. The second-order valence-corrected chi connectivity index (χ2v) is 12.6. The Bertz CT molecular complexity index is 1980. The van der Waals surface area contributed by atoms with Crippen LogP contribution in [0.1, 0.15) is 81.2 Å². The number of aromatic amines is 1. The van der Waals surface area contributed by atoms with Crippen molar-refractivity contribution in [3.8, 4) is 22.5 Å². The van der Waals surface area contributed by atoms with Crippen molar-refractivity contribution in [2.75, 3.05) is 6.73 Å². The standard InChI is InChI=1S/C35H39N7O5/c1-2-6-30-29(19-22-11-13-23(14-12-22)27-9-3-4-10-28(27)31-39-35(45)47-40-31)33(44)41(34-36-20-38-42(30)34)25-15-17-26(18-16-25)46-21-37-32(43)24-7-5-8-24/h3-4,9-14,20,24-26H,2,5-8,15-19,21H2,1H3,(H,37,43)(H,39,40,45). The molecule has 2 aliphatic rings. The highest BCUT2D eigenvalue weighted by Crippen LogP contribution is 2.32. The molecule has 0 spiro atoms. The van der Waals surface area contributed by atoms with Gasteiger partial charge in [0, 0.05) is 29.5 Å². The third kappa shape index (κ3) is 6.29. The maximum Gasteiger partial charge on any atom is 0.439 e. The minimum absolute atomic E-state index is 0.0181. The first-order chi connectivity index (χ1) is 23.0. The van der Waals surface area contributed by atoms with Gasteiger partial charge in [0.25, 0.3) is 5.56 Å². The second kappa shape index (κ2) is 13.5. The van der Waals surface area contributed by atoms with E-state index in [1.807, 2.05) is 57.6 Å². The Morgan fingerprint density at radius 2 is 1.79 bits per heavy atom. The molecule has 2 aromatic carbocycles. The zero-order chi connectivity index (χ0) is 32.3. The summed E-state index contributed by atoms with van der Waals surface area (Å²) in [6, 6.07) is 15.8. The summed E-state index contributed by atoms with van der Waals surface area (Å²) in [5, 5.41) is 11.4. The van der Waals surface area contributed by atoms with Crippen LogP contribution >= 0.6 is 0 Å². The monoisotopic (exact) mass is 637 g/mol. The number of aryl methyl sites for hydroxylation is 1. The molecule has 0 atom stereocenters. The van der Waals surface area contributed by atoms with Crippen LogP contribution in [-0.4, -0.2) is 48.0 Å². The number of hydrogen-bond acceptors (Lipinski definition) is 8. The zero-order valence-electron chi connectivity index (χ0n) is 26.5. The molecule has 7 rings (SSSR count). The maximum absolute atomic E-state index is 14.4. The van der Waals surface area contributed by atoms with Crippen LogP contribution in [0.15, 0.2) is 69.0 Å². The van der Waals surface area contributed by atoms with Crippen molar-refractivity contribution in [1.82, 2.24) is 34.6 Å². The molecule has 2 fully saturated rings. The lowest BCUT2D eigenvalue weighted by atomic mass is 9.85. The minimum atomic E-state index is -0.603. The summed E-state index contributed by atoms with van der Waals surface area (Å²) in [7, 11) is 0. The second-order valence-electron chi connectivity index (χ2n) is 12.6. The number of amides is 1. The predicted octanol–water partition coefficient (Wildman–Crippen LogP) is 4.82. The van der Waals surface area contributed by atoms with Crippen LogP contribution in [0, 0.1) is 5.92 Å². The number of ether oxygens (including phenoxy) is 1. The SMILES string of the molecule is CCCc1c(Cc2ccc(-c3ccccc3-c3noc(=O)[nH]3)cc2)c(=O)n(C2CCC(OCNC(=O)C3CCC3)CC2)c2ncnn12. The van der Waals surface area contributed by atoms with E-state index in [0.29, 0.717) is 24.4 Å². The number of carbonyl (C=O) groups is 1. The van der Waals surface area contributed by atoms with Crippen LogP contribution in [0.3, 0.4) is 0 Å². The minimum Gasteiger partial charge on any atom is -0.358 e. The number of fused-ring (bicyclic) bond motifs is 1. The van der Waals surface area contributed by atoms with Gasteiger partial charge in [-0.3, -0.25) is 23.7 Å². The fraction of sp³-hybridized carbons (Fsp3) is 0.429. The molecule has 2 aliphatic carbocycles. The van der Waals surface area contributed by atoms with E-state index in [9.17, 15) is 14.4 Å². The van der Waals surface area contributed by atoms with Gasteiger partial charge in [-0.25, -0.2) is 9.31 Å². The van der Waals surface area contributed by atoms with Crippen molar-refractivity contribution in [3.05, 3.63) is 92.6 Å². The zero-order valence-corrected chi connectivity index (χ0v) is 26.5. The summed E-state index contributed by atoms with van der Waals surface area (Å²) in [4.78, 5) is 45.3. The average molecular weight is 638 g/mol. The van der Waals surface area contributed by atoms with Crippen molar-refractivity contribution in [3.63, 3.8) is 0 Å². The van der Waals surface area contributed by atoms with Gasteiger partial charge < -0.3 is 10.1 Å². The Kier molecular flexibility index (Phi) is 8.84. The number of benzene rings is 2. The molecule has 0 saturated heterocycles. The van der Waals surface area contributed by atoms with E-state index in [0.717, 1.165) is 84.9 Å². The van der Waals surface area contributed by atoms with E-state index in [2.05, 4.69) is 32.5 Å². The molecule has 244 valence electrons. The molecule has 3 aromatic heterocycles. The molecule has 47 heavy (non-hydrogen) atoms. The van der Waals surface area contributed by atoms with Gasteiger partial charge in [0.05, 0.1) is 11.8 Å². The predicted molar refractivity (Wildman–Crippen MR) is 175 cm³/mol. The first kappa shape index (κ1) is 30.8. The number of aromatic nitrogens is 6. The van der Waals surface area contributed by atoms with Gasteiger partial charge in [0.2, 0.25) is 11.7 Å². The van der Waals surface area contributed by atoms with E-state index < -0.39 is 5.76 Å². The van der Waals surface area contributed by atoms with Crippen molar-refractivity contribution < 1.29 is 14.1 Å². The molecule has 12 nitrogen and oxygen atoms in total. The summed E-state index contributed by atoms with van der Waals surface area (Å²) in [6.07, 6.45) is 9.83. The topological polar surface area (TPSA) is 149 Å². The lowest BCUT2D eigenvalue weighted by Gasteiger charge is -2.31. The number of nitrogens with one attached hydrogen (secondary N) is 2. The number of hydrogen-bond donors (Lipinski definition) is 2. The van der Waals surface area contributed by atoms with E-state index in [1.165, 1.54) is 6.33 Å². The lowest BCUT2D eigenvalue weighted by Crippen LogP contribution is -2.38. The summed E-state index contributed by atoms with van der Waals surface area (Å²) in [5.41, 5.74) is 5.22. The highest BCUT2D eigenvalue weighted by Gasteiger charge is 2.29. The van der Waals surface area contributed by atoms with Gasteiger partial charge in [0.15, 0.2) is 5.82 Å². The van der Waals surface area contributed by atoms with E-state index in [-0.39, 0.29) is 36.3 Å². The first-order valence-corrected chi connectivity index (χ1v) is 16.6. The van der Waals surface area contributed by atoms with E-state index >= 15 is 0 Å². The van der Waals surface area contributed by atoms with Gasteiger partial charge >= 0.3 is 5.76 Å². The first-order valence-electron chi connectivity index (χ1n) is 16.6. The Morgan fingerprint density at radius 3 is 2.47 bits per heavy atom. The van der Waals surface area contributed by atoms with Gasteiger partial charge in [-0.05, 0) is 61.6 Å². The third-order valence-electron chi connectivity index (χ3n) is 9.63. The number of carbonyl (C=O) groups excluding carboxylic acids is 1. The van der Waals surface area contributed by atoms with Crippen molar-refractivity contribution in [2.24, 2.45) is 5.92 Å². The summed E-state index contributed by atoms with van der Waals surface area (Å²) >= 11 is 0. The molecule has 3 heterocycles.